The molecule has 0 amide bonds. The summed E-state index contributed by atoms with van der Waals surface area (Å²) in [6.07, 6.45) is 9.01. The average Bonchev–Trinajstić information content (AvgIpc) is 2.39. The predicted octanol–water partition coefficient (Wildman–Crippen LogP) is 2.52. The quantitative estimate of drug-likeness (QED) is 0.503. The maximum atomic E-state index is 10.7. The van der Waals surface area contributed by atoms with Crippen molar-refractivity contribution in [2.24, 2.45) is 5.73 Å². The lowest BCUT2D eigenvalue weighted by Crippen LogP contribution is -2.46. The lowest BCUT2D eigenvalue weighted by Gasteiger charge is -2.18. The molecule has 4 nitrogen and oxygen atoms in total. The average molecular weight is 242 g/mol. The smallest absolute Gasteiger partial charge is 0.262 e. The molecule has 0 spiro atoms. The number of nitro groups is 1. The second kappa shape index (κ2) is 4.98. The molecule has 0 fully saturated rings. The van der Waals surface area contributed by atoms with Crippen molar-refractivity contribution < 1.29 is 4.92 Å². The van der Waals surface area contributed by atoms with Crippen molar-refractivity contribution in [2.75, 3.05) is 0 Å². The fourth-order valence-corrected chi connectivity index (χ4v) is 1.67. The van der Waals surface area contributed by atoms with Crippen molar-refractivity contribution >= 4 is 6.08 Å². The SMILES string of the molecule is NC1([N+](=O)[O-])C=CC(C=Cc2ccccc2)=CC1. The molecule has 0 saturated heterocycles. The van der Waals surface area contributed by atoms with Gasteiger partial charge in [0.25, 0.3) is 5.66 Å². The highest BCUT2D eigenvalue weighted by Gasteiger charge is 2.35. The first-order valence-corrected chi connectivity index (χ1v) is 5.66. The van der Waals surface area contributed by atoms with Crippen LogP contribution in [0.5, 0.6) is 0 Å². The Morgan fingerprint density at radius 3 is 2.56 bits per heavy atom. The van der Waals surface area contributed by atoms with Crippen LogP contribution in [-0.2, 0) is 0 Å². The molecule has 1 unspecified atom stereocenters. The topological polar surface area (TPSA) is 69.2 Å². The fourth-order valence-electron chi connectivity index (χ4n) is 1.67. The largest absolute Gasteiger partial charge is 0.295 e. The number of rotatable bonds is 3. The van der Waals surface area contributed by atoms with Gasteiger partial charge in [-0.3, -0.25) is 15.8 Å². The van der Waals surface area contributed by atoms with Gasteiger partial charge in [0.2, 0.25) is 0 Å². The minimum Gasteiger partial charge on any atom is -0.262 e. The minimum atomic E-state index is -1.45. The van der Waals surface area contributed by atoms with Crippen LogP contribution < -0.4 is 5.73 Å². The summed E-state index contributed by atoms with van der Waals surface area (Å²) in [5.41, 5.74) is 6.18. The zero-order chi connectivity index (χ0) is 13.0. The highest BCUT2D eigenvalue weighted by Crippen LogP contribution is 2.20. The summed E-state index contributed by atoms with van der Waals surface area (Å²) in [6.45, 7) is 0. The molecular formula is C14H14N2O2. The molecule has 0 bridgehead atoms. The van der Waals surface area contributed by atoms with Crippen LogP contribution in [0.3, 0.4) is 0 Å². The number of hydrogen-bond acceptors (Lipinski definition) is 3. The summed E-state index contributed by atoms with van der Waals surface area (Å²) in [5.74, 6) is 0. The third kappa shape index (κ3) is 2.73. The van der Waals surface area contributed by atoms with Crippen LogP contribution in [0, 0.1) is 10.1 Å². The Kier molecular flexibility index (Phi) is 3.39. The summed E-state index contributed by atoms with van der Waals surface area (Å²) >= 11 is 0. The van der Waals surface area contributed by atoms with Crippen LogP contribution in [-0.4, -0.2) is 10.6 Å². The molecule has 0 heterocycles. The maximum absolute atomic E-state index is 10.7. The lowest BCUT2D eigenvalue weighted by molar-refractivity contribution is -0.553. The lowest BCUT2D eigenvalue weighted by atomic mass is 9.97. The summed E-state index contributed by atoms with van der Waals surface area (Å²) in [5, 5.41) is 10.7. The van der Waals surface area contributed by atoms with Crippen LogP contribution in [0.25, 0.3) is 6.08 Å². The van der Waals surface area contributed by atoms with Crippen molar-refractivity contribution in [2.45, 2.75) is 12.1 Å². The Labute approximate surface area is 105 Å². The van der Waals surface area contributed by atoms with Crippen LogP contribution in [0.4, 0.5) is 0 Å². The molecule has 0 saturated carbocycles. The molecule has 1 aromatic rings. The van der Waals surface area contributed by atoms with E-state index in [0.717, 1.165) is 11.1 Å². The second-order valence-electron chi connectivity index (χ2n) is 4.23. The highest BCUT2D eigenvalue weighted by molar-refractivity contribution is 5.55. The Balaban J connectivity index is 2.07. The first-order valence-electron chi connectivity index (χ1n) is 5.66. The van der Waals surface area contributed by atoms with E-state index in [4.69, 9.17) is 5.73 Å². The zero-order valence-electron chi connectivity index (χ0n) is 9.82. The van der Waals surface area contributed by atoms with Gasteiger partial charge in [-0.1, -0.05) is 54.6 Å². The molecule has 92 valence electrons. The van der Waals surface area contributed by atoms with Crippen LogP contribution in [0.2, 0.25) is 0 Å². The Morgan fingerprint density at radius 1 is 1.28 bits per heavy atom. The number of nitrogens with zero attached hydrogens (tertiary/aromatic N) is 1. The van der Waals surface area contributed by atoms with Crippen molar-refractivity contribution in [1.82, 2.24) is 0 Å². The number of benzene rings is 1. The maximum Gasteiger partial charge on any atom is 0.295 e. The Morgan fingerprint density at radius 2 is 2.00 bits per heavy atom. The van der Waals surface area contributed by atoms with Crippen molar-refractivity contribution in [3.8, 4) is 0 Å². The highest BCUT2D eigenvalue weighted by atomic mass is 16.6. The van der Waals surface area contributed by atoms with E-state index in [2.05, 4.69) is 0 Å². The number of hydrogen-bond donors (Lipinski definition) is 1. The van der Waals surface area contributed by atoms with Crippen LogP contribution in [0.15, 0.2) is 60.2 Å². The molecule has 4 heteroatoms. The van der Waals surface area contributed by atoms with E-state index in [0.29, 0.717) is 0 Å². The summed E-state index contributed by atoms with van der Waals surface area (Å²) < 4.78 is 0. The normalized spacial score (nSPS) is 23.1. The molecule has 1 atom stereocenters. The van der Waals surface area contributed by atoms with E-state index in [-0.39, 0.29) is 6.42 Å². The summed E-state index contributed by atoms with van der Waals surface area (Å²) in [6, 6.07) is 9.86. The van der Waals surface area contributed by atoms with Gasteiger partial charge in [-0.2, -0.15) is 0 Å². The third-order valence-electron chi connectivity index (χ3n) is 2.84. The fraction of sp³-hybridized carbons (Fsp3) is 0.143. The molecule has 1 aromatic carbocycles. The molecule has 0 radical (unpaired) electrons. The predicted molar refractivity (Wildman–Crippen MR) is 71.2 cm³/mol. The van der Waals surface area contributed by atoms with E-state index in [1.54, 1.807) is 12.2 Å². The molecule has 2 N–H and O–H groups in total. The van der Waals surface area contributed by atoms with Crippen molar-refractivity contribution in [3.05, 3.63) is 75.9 Å². The third-order valence-corrected chi connectivity index (χ3v) is 2.84. The number of allylic oxidation sites excluding steroid dienone is 3. The Hall–Kier alpha value is -2.20. The molecule has 0 aliphatic heterocycles. The number of nitrogens with two attached hydrogens (primary N) is 1. The Bertz CT molecular complexity index is 532. The standard InChI is InChI=1S/C14H14N2O2/c15-14(16(17)18)10-8-13(9-11-14)7-6-12-4-2-1-3-5-12/h1-10H,11,15H2. The zero-order valence-corrected chi connectivity index (χ0v) is 9.82. The van der Waals surface area contributed by atoms with Gasteiger partial charge >= 0.3 is 0 Å². The van der Waals surface area contributed by atoms with E-state index in [1.165, 1.54) is 6.08 Å². The molecule has 1 aliphatic carbocycles. The molecule has 1 aliphatic rings. The van der Waals surface area contributed by atoms with Gasteiger partial charge in [0.05, 0.1) is 6.42 Å². The van der Waals surface area contributed by atoms with Gasteiger partial charge in [-0.15, -0.1) is 0 Å². The van der Waals surface area contributed by atoms with Gasteiger partial charge in [-0.05, 0) is 11.1 Å². The molecule has 2 rings (SSSR count). The van der Waals surface area contributed by atoms with Crippen LogP contribution in [0.1, 0.15) is 12.0 Å². The van der Waals surface area contributed by atoms with Gasteiger partial charge in [0, 0.05) is 11.0 Å². The van der Waals surface area contributed by atoms with Gasteiger partial charge < -0.3 is 0 Å². The van der Waals surface area contributed by atoms with Gasteiger partial charge in [0.1, 0.15) is 0 Å². The van der Waals surface area contributed by atoms with E-state index >= 15 is 0 Å². The van der Waals surface area contributed by atoms with Crippen molar-refractivity contribution in [3.63, 3.8) is 0 Å². The van der Waals surface area contributed by atoms with Crippen LogP contribution >= 0.6 is 0 Å². The molecule has 18 heavy (non-hydrogen) atoms. The summed E-state index contributed by atoms with van der Waals surface area (Å²) in [4.78, 5) is 10.3. The minimum absolute atomic E-state index is 0.213. The van der Waals surface area contributed by atoms with Gasteiger partial charge in [-0.25, -0.2) is 0 Å². The van der Waals surface area contributed by atoms with Gasteiger partial charge in [0.15, 0.2) is 0 Å². The second-order valence-corrected chi connectivity index (χ2v) is 4.23. The first kappa shape index (κ1) is 12.3. The van der Waals surface area contributed by atoms with E-state index in [9.17, 15) is 10.1 Å². The first-order chi connectivity index (χ1) is 8.60. The summed E-state index contributed by atoms with van der Waals surface area (Å²) in [7, 11) is 0. The molecular weight excluding hydrogens is 228 g/mol. The van der Waals surface area contributed by atoms with E-state index < -0.39 is 10.6 Å². The monoisotopic (exact) mass is 242 g/mol. The van der Waals surface area contributed by atoms with E-state index in [1.807, 2.05) is 42.5 Å². The van der Waals surface area contributed by atoms with Crippen molar-refractivity contribution in [1.29, 1.82) is 0 Å². The molecule has 0 aromatic heterocycles.